The Morgan fingerprint density at radius 2 is 1.94 bits per heavy atom. The smallest absolute Gasteiger partial charge is 0.222 e. The van der Waals surface area contributed by atoms with E-state index in [0.717, 1.165) is 76.3 Å². The van der Waals surface area contributed by atoms with E-state index < -0.39 is 0 Å². The molecular weight excluding hydrogens is 406 g/mol. The number of hydrogen-bond donors (Lipinski definition) is 0. The van der Waals surface area contributed by atoms with E-state index in [-0.39, 0.29) is 0 Å². The number of amides is 1. The lowest BCUT2D eigenvalue weighted by molar-refractivity contribution is -0.133. The number of aryl methyl sites for hydroxylation is 1. The zero-order valence-corrected chi connectivity index (χ0v) is 18.7. The Labute approximate surface area is 187 Å². The predicted molar refractivity (Wildman–Crippen MR) is 125 cm³/mol. The van der Waals surface area contributed by atoms with Crippen LogP contribution in [-0.4, -0.2) is 53.5 Å². The molecule has 0 unspecified atom stereocenters. The summed E-state index contributed by atoms with van der Waals surface area (Å²) in [5.74, 6) is 1.35. The van der Waals surface area contributed by atoms with Gasteiger partial charge < -0.3 is 9.64 Å². The molecular formula is C25H29N3O2S. The van der Waals surface area contributed by atoms with Crippen molar-refractivity contribution in [2.75, 3.05) is 32.8 Å². The van der Waals surface area contributed by atoms with Crippen LogP contribution < -0.4 is 4.74 Å². The van der Waals surface area contributed by atoms with E-state index >= 15 is 0 Å². The van der Waals surface area contributed by atoms with Crippen molar-refractivity contribution in [2.45, 2.75) is 38.6 Å². The molecule has 0 radical (unpaired) electrons. The fraction of sp³-hybridized carbons (Fsp3) is 0.440. The molecule has 31 heavy (non-hydrogen) atoms. The SMILES string of the molecule is O=C(CCCCc1nc2ccccc2s1)N1CCN(Cc2ccc3c(c2)CCO3)CC1. The molecule has 1 saturated heterocycles. The number of hydrogen-bond acceptors (Lipinski definition) is 5. The molecule has 6 heteroatoms. The third kappa shape index (κ3) is 4.91. The van der Waals surface area contributed by atoms with Crippen molar-refractivity contribution in [3.05, 3.63) is 58.6 Å². The molecule has 162 valence electrons. The molecule has 0 bridgehead atoms. The number of thiazole rings is 1. The molecule has 0 spiro atoms. The second-order valence-electron chi connectivity index (χ2n) is 8.48. The number of fused-ring (bicyclic) bond motifs is 2. The average Bonchev–Trinajstić information content (AvgIpc) is 3.43. The maximum atomic E-state index is 12.6. The van der Waals surface area contributed by atoms with Crippen LogP contribution in [0.15, 0.2) is 42.5 Å². The molecule has 0 atom stereocenters. The lowest BCUT2D eigenvalue weighted by atomic mass is 10.1. The lowest BCUT2D eigenvalue weighted by Gasteiger charge is -2.35. The van der Waals surface area contributed by atoms with E-state index in [9.17, 15) is 4.79 Å². The van der Waals surface area contributed by atoms with Gasteiger partial charge in [0.1, 0.15) is 5.75 Å². The fourth-order valence-electron chi connectivity index (χ4n) is 4.49. The van der Waals surface area contributed by atoms with Gasteiger partial charge in [0, 0.05) is 45.6 Å². The van der Waals surface area contributed by atoms with Crippen molar-refractivity contribution < 1.29 is 9.53 Å². The highest BCUT2D eigenvalue weighted by Crippen LogP contribution is 2.26. The van der Waals surface area contributed by atoms with E-state index in [4.69, 9.17) is 9.72 Å². The Bertz CT molecular complexity index is 1020. The number of carbonyl (C=O) groups is 1. The van der Waals surface area contributed by atoms with Crippen LogP contribution in [0.1, 0.15) is 35.4 Å². The van der Waals surface area contributed by atoms with Gasteiger partial charge in [-0.05, 0) is 48.6 Å². The third-order valence-electron chi connectivity index (χ3n) is 6.25. The zero-order valence-electron chi connectivity index (χ0n) is 17.9. The second-order valence-corrected chi connectivity index (χ2v) is 9.60. The number of nitrogens with zero attached hydrogens (tertiary/aromatic N) is 3. The molecule has 0 aliphatic carbocycles. The topological polar surface area (TPSA) is 45.7 Å². The van der Waals surface area contributed by atoms with Crippen LogP contribution in [0, 0.1) is 0 Å². The van der Waals surface area contributed by atoms with Gasteiger partial charge in [0.05, 0.1) is 21.8 Å². The highest BCUT2D eigenvalue weighted by atomic mass is 32.1. The number of ether oxygens (including phenoxy) is 1. The minimum absolute atomic E-state index is 0.304. The first-order valence-electron chi connectivity index (χ1n) is 11.3. The van der Waals surface area contributed by atoms with Crippen molar-refractivity contribution in [1.29, 1.82) is 0 Å². The fourth-order valence-corrected chi connectivity index (χ4v) is 5.50. The summed E-state index contributed by atoms with van der Waals surface area (Å²) in [5, 5.41) is 1.18. The summed E-state index contributed by atoms with van der Waals surface area (Å²) in [5.41, 5.74) is 3.76. The summed E-state index contributed by atoms with van der Waals surface area (Å²) in [6.07, 6.45) is 4.59. The largest absolute Gasteiger partial charge is 0.493 e. The molecule has 2 aromatic carbocycles. The Morgan fingerprint density at radius 1 is 1.06 bits per heavy atom. The number of aromatic nitrogens is 1. The predicted octanol–water partition coefficient (Wildman–Crippen LogP) is 4.29. The zero-order chi connectivity index (χ0) is 21.0. The Morgan fingerprint density at radius 3 is 2.81 bits per heavy atom. The molecule has 3 aromatic rings. The highest BCUT2D eigenvalue weighted by molar-refractivity contribution is 7.18. The van der Waals surface area contributed by atoms with Gasteiger partial charge in [-0.15, -0.1) is 11.3 Å². The van der Waals surface area contributed by atoms with Crippen LogP contribution in [0.25, 0.3) is 10.2 Å². The van der Waals surface area contributed by atoms with Gasteiger partial charge >= 0.3 is 0 Å². The molecule has 5 nitrogen and oxygen atoms in total. The van der Waals surface area contributed by atoms with Gasteiger partial charge in [0.25, 0.3) is 0 Å². The molecule has 0 N–H and O–H groups in total. The molecule has 2 aliphatic heterocycles. The van der Waals surface area contributed by atoms with E-state index in [1.807, 2.05) is 11.0 Å². The maximum Gasteiger partial charge on any atom is 0.222 e. The minimum atomic E-state index is 0.304. The van der Waals surface area contributed by atoms with Crippen LogP contribution in [0.4, 0.5) is 0 Å². The number of carbonyl (C=O) groups excluding carboxylic acids is 1. The minimum Gasteiger partial charge on any atom is -0.493 e. The Balaban J connectivity index is 1.02. The second kappa shape index (κ2) is 9.37. The number of piperazine rings is 1. The van der Waals surface area contributed by atoms with Crippen molar-refractivity contribution in [3.63, 3.8) is 0 Å². The first-order valence-corrected chi connectivity index (χ1v) is 12.2. The van der Waals surface area contributed by atoms with Crippen molar-refractivity contribution in [3.8, 4) is 5.75 Å². The average molecular weight is 436 g/mol. The van der Waals surface area contributed by atoms with E-state index in [2.05, 4.69) is 41.3 Å². The number of para-hydroxylation sites is 1. The molecule has 2 aliphatic rings. The monoisotopic (exact) mass is 435 g/mol. The molecule has 0 saturated carbocycles. The van der Waals surface area contributed by atoms with Crippen LogP contribution >= 0.6 is 11.3 Å². The summed E-state index contributed by atoms with van der Waals surface area (Å²) in [4.78, 5) is 21.8. The summed E-state index contributed by atoms with van der Waals surface area (Å²) in [7, 11) is 0. The van der Waals surface area contributed by atoms with Crippen LogP contribution in [0.2, 0.25) is 0 Å². The standard InChI is InChI=1S/C25H29N3O2S/c29-25(8-4-3-7-24-26-21-5-1-2-6-23(21)31-24)28-14-12-27(13-15-28)18-19-9-10-22-20(17-19)11-16-30-22/h1-2,5-6,9-10,17H,3-4,7-8,11-16,18H2. The summed E-state index contributed by atoms with van der Waals surface area (Å²) in [6.45, 7) is 5.34. The van der Waals surface area contributed by atoms with Gasteiger partial charge in [0.2, 0.25) is 5.91 Å². The molecule has 1 amide bonds. The first kappa shape index (κ1) is 20.5. The van der Waals surface area contributed by atoms with Gasteiger partial charge in [-0.1, -0.05) is 24.3 Å². The quantitative estimate of drug-likeness (QED) is 0.520. The van der Waals surface area contributed by atoms with Crippen LogP contribution in [-0.2, 0) is 24.2 Å². The lowest BCUT2D eigenvalue weighted by Crippen LogP contribution is -2.48. The van der Waals surface area contributed by atoms with Crippen LogP contribution in [0.3, 0.4) is 0 Å². The maximum absolute atomic E-state index is 12.6. The molecule has 3 heterocycles. The highest BCUT2D eigenvalue weighted by Gasteiger charge is 2.21. The normalized spacial score (nSPS) is 16.5. The Kier molecular flexibility index (Phi) is 6.18. The Hall–Kier alpha value is -2.44. The first-order chi connectivity index (χ1) is 15.2. The van der Waals surface area contributed by atoms with Crippen LogP contribution in [0.5, 0.6) is 5.75 Å². The van der Waals surface area contributed by atoms with E-state index in [1.165, 1.54) is 20.8 Å². The van der Waals surface area contributed by atoms with Gasteiger partial charge in [0.15, 0.2) is 0 Å². The number of unbranched alkanes of at least 4 members (excludes halogenated alkanes) is 1. The number of rotatable bonds is 7. The van der Waals surface area contributed by atoms with Gasteiger partial charge in [-0.25, -0.2) is 4.98 Å². The van der Waals surface area contributed by atoms with E-state index in [1.54, 1.807) is 11.3 Å². The number of benzene rings is 2. The van der Waals surface area contributed by atoms with Gasteiger partial charge in [-0.3, -0.25) is 9.69 Å². The van der Waals surface area contributed by atoms with Gasteiger partial charge in [-0.2, -0.15) is 0 Å². The molecule has 5 rings (SSSR count). The summed E-state index contributed by atoms with van der Waals surface area (Å²) in [6, 6.07) is 14.8. The summed E-state index contributed by atoms with van der Waals surface area (Å²) < 4.78 is 6.85. The third-order valence-corrected chi connectivity index (χ3v) is 7.35. The van der Waals surface area contributed by atoms with Crippen molar-refractivity contribution in [2.24, 2.45) is 0 Å². The molecule has 1 fully saturated rings. The molecule has 1 aromatic heterocycles. The van der Waals surface area contributed by atoms with E-state index in [0.29, 0.717) is 12.3 Å². The summed E-state index contributed by atoms with van der Waals surface area (Å²) >= 11 is 1.77. The van der Waals surface area contributed by atoms with Crippen molar-refractivity contribution >= 4 is 27.5 Å². The van der Waals surface area contributed by atoms with Crippen molar-refractivity contribution in [1.82, 2.24) is 14.8 Å².